The molecule has 0 saturated carbocycles. The van der Waals surface area contributed by atoms with Gasteiger partial charge in [0.2, 0.25) is 5.82 Å². The second-order valence-corrected chi connectivity index (χ2v) is 6.25. The summed E-state index contributed by atoms with van der Waals surface area (Å²) in [6.07, 6.45) is -0.995. The van der Waals surface area contributed by atoms with Crippen LogP contribution in [0.2, 0.25) is 0 Å². The third-order valence-electron chi connectivity index (χ3n) is 2.93. The predicted octanol–water partition coefficient (Wildman–Crippen LogP) is 1.45. The second kappa shape index (κ2) is 7.65. The summed E-state index contributed by atoms with van der Waals surface area (Å²) in [5.74, 6) is -0.805. The lowest BCUT2D eigenvalue weighted by Gasteiger charge is -2.21. The number of carbonyl (C=O) groups excluding carboxylic acids is 1. The Morgan fingerprint density at radius 3 is 2.24 bits per heavy atom. The van der Waals surface area contributed by atoms with Crippen LogP contribution in [0.3, 0.4) is 0 Å². The van der Waals surface area contributed by atoms with E-state index in [1.165, 1.54) is 0 Å². The molecule has 25 heavy (non-hydrogen) atoms. The van der Waals surface area contributed by atoms with Crippen LogP contribution in [0.1, 0.15) is 26.6 Å². The maximum atomic E-state index is 11.7. The zero-order valence-electron chi connectivity index (χ0n) is 14.1. The summed E-state index contributed by atoms with van der Waals surface area (Å²) < 4.78 is 5.05. The van der Waals surface area contributed by atoms with Crippen molar-refractivity contribution in [3.8, 4) is 11.4 Å². The van der Waals surface area contributed by atoms with E-state index in [4.69, 9.17) is 4.74 Å². The van der Waals surface area contributed by atoms with Gasteiger partial charge in [-0.25, -0.2) is 9.59 Å². The number of hydrogen-bond donors (Lipinski definition) is 2. The van der Waals surface area contributed by atoms with Gasteiger partial charge in [-0.05, 0) is 20.8 Å². The van der Waals surface area contributed by atoms with E-state index in [2.05, 4.69) is 25.7 Å². The molecule has 9 heteroatoms. The Morgan fingerprint density at radius 1 is 1.12 bits per heavy atom. The van der Waals surface area contributed by atoms with Gasteiger partial charge in [0.25, 0.3) is 0 Å². The SMILES string of the molecule is CC(C)(C)OC(=O)N[C@@H](Cc1nnc(-c2ccccc2)nn1)C(=O)O. The molecule has 1 heterocycles. The zero-order valence-corrected chi connectivity index (χ0v) is 14.1. The molecule has 2 rings (SSSR count). The number of carboxylic acid groups (broad SMARTS) is 1. The fourth-order valence-electron chi connectivity index (χ4n) is 1.87. The number of alkyl carbamates (subject to hydrolysis) is 1. The van der Waals surface area contributed by atoms with Crippen molar-refractivity contribution in [1.82, 2.24) is 25.7 Å². The van der Waals surface area contributed by atoms with Crippen LogP contribution >= 0.6 is 0 Å². The lowest BCUT2D eigenvalue weighted by atomic mass is 10.2. The molecule has 1 amide bonds. The minimum absolute atomic E-state index is 0.100. The van der Waals surface area contributed by atoms with Gasteiger partial charge in [-0.15, -0.1) is 20.4 Å². The Labute approximate surface area is 144 Å². The van der Waals surface area contributed by atoms with Crippen molar-refractivity contribution in [2.45, 2.75) is 38.8 Å². The molecule has 0 aliphatic carbocycles. The molecule has 0 fully saturated rings. The molecule has 9 nitrogen and oxygen atoms in total. The van der Waals surface area contributed by atoms with Crippen LogP contribution in [-0.4, -0.2) is 49.2 Å². The maximum Gasteiger partial charge on any atom is 0.408 e. The van der Waals surface area contributed by atoms with Crippen molar-refractivity contribution in [2.24, 2.45) is 0 Å². The molecule has 1 aromatic carbocycles. The van der Waals surface area contributed by atoms with Crippen LogP contribution < -0.4 is 5.32 Å². The van der Waals surface area contributed by atoms with Gasteiger partial charge in [0, 0.05) is 12.0 Å². The first-order valence-corrected chi connectivity index (χ1v) is 7.58. The van der Waals surface area contributed by atoms with Crippen molar-refractivity contribution < 1.29 is 19.4 Å². The van der Waals surface area contributed by atoms with Crippen molar-refractivity contribution in [1.29, 1.82) is 0 Å². The first kappa shape index (κ1) is 18.2. The molecule has 0 spiro atoms. The van der Waals surface area contributed by atoms with Crippen molar-refractivity contribution in [2.75, 3.05) is 0 Å². The molecule has 0 aliphatic rings. The Kier molecular flexibility index (Phi) is 5.58. The molecule has 0 radical (unpaired) electrons. The van der Waals surface area contributed by atoms with Crippen LogP contribution in [-0.2, 0) is 16.0 Å². The largest absolute Gasteiger partial charge is 0.480 e. The molecule has 0 aliphatic heterocycles. The highest BCUT2D eigenvalue weighted by molar-refractivity contribution is 5.80. The number of hydrogen-bond acceptors (Lipinski definition) is 7. The molecule has 2 aromatic rings. The molecule has 132 valence electrons. The highest BCUT2D eigenvalue weighted by atomic mass is 16.6. The van der Waals surface area contributed by atoms with E-state index in [-0.39, 0.29) is 12.2 Å². The number of ether oxygens (including phenoxy) is 1. The molecule has 0 unspecified atom stereocenters. The summed E-state index contributed by atoms with van der Waals surface area (Å²) in [6, 6.07) is 7.89. The van der Waals surface area contributed by atoms with Crippen LogP contribution in [0.25, 0.3) is 11.4 Å². The van der Waals surface area contributed by atoms with Crippen molar-refractivity contribution in [3.63, 3.8) is 0 Å². The Hall–Kier alpha value is -3.10. The number of rotatable bonds is 5. The van der Waals surface area contributed by atoms with E-state index in [1.54, 1.807) is 20.8 Å². The van der Waals surface area contributed by atoms with Gasteiger partial charge in [0.1, 0.15) is 11.6 Å². The number of aliphatic carboxylic acids is 1. The second-order valence-electron chi connectivity index (χ2n) is 6.25. The van der Waals surface area contributed by atoms with Crippen LogP contribution in [0.5, 0.6) is 0 Å². The molecule has 0 saturated heterocycles. The Balaban J connectivity index is 2.04. The van der Waals surface area contributed by atoms with E-state index < -0.39 is 23.7 Å². The van der Waals surface area contributed by atoms with Gasteiger partial charge < -0.3 is 15.2 Å². The van der Waals surface area contributed by atoms with Gasteiger partial charge in [-0.2, -0.15) is 0 Å². The smallest absolute Gasteiger partial charge is 0.408 e. The van der Waals surface area contributed by atoms with E-state index in [9.17, 15) is 14.7 Å². The lowest BCUT2D eigenvalue weighted by Crippen LogP contribution is -2.45. The molecule has 2 N–H and O–H groups in total. The lowest BCUT2D eigenvalue weighted by molar-refractivity contribution is -0.139. The Bertz CT molecular complexity index is 728. The standard InChI is InChI=1S/C16H19N5O4/c1-16(2,3)25-15(24)17-11(14(22)23)9-12-18-20-13(21-19-12)10-7-5-4-6-8-10/h4-8,11H,9H2,1-3H3,(H,17,24)(H,22,23)/t11-/m0/s1. The predicted molar refractivity (Wildman–Crippen MR) is 87.6 cm³/mol. The number of carboxylic acids is 1. The fourth-order valence-corrected chi connectivity index (χ4v) is 1.87. The summed E-state index contributed by atoms with van der Waals surface area (Å²) in [7, 11) is 0. The first-order chi connectivity index (χ1) is 11.7. The fraction of sp³-hybridized carbons (Fsp3) is 0.375. The van der Waals surface area contributed by atoms with Crippen molar-refractivity contribution in [3.05, 3.63) is 36.2 Å². The van der Waals surface area contributed by atoms with E-state index in [1.807, 2.05) is 30.3 Å². The van der Waals surface area contributed by atoms with Gasteiger partial charge >= 0.3 is 12.1 Å². The summed E-state index contributed by atoms with van der Waals surface area (Å²) >= 11 is 0. The number of amides is 1. The quantitative estimate of drug-likeness (QED) is 0.833. The average molecular weight is 345 g/mol. The monoisotopic (exact) mass is 345 g/mol. The molecular weight excluding hydrogens is 326 g/mol. The third-order valence-corrected chi connectivity index (χ3v) is 2.93. The highest BCUT2D eigenvalue weighted by Crippen LogP contribution is 2.11. The molecule has 1 atom stereocenters. The number of nitrogens with one attached hydrogen (secondary N) is 1. The van der Waals surface area contributed by atoms with Crippen LogP contribution in [0.15, 0.2) is 30.3 Å². The summed E-state index contributed by atoms with van der Waals surface area (Å²) in [6.45, 7) is 5.05. The van der Waals surface area contributed by atoms with Gasteiger partial charge in [-0.3, -0.25) is 0 Å². The minimum Gasteiger partial charge on any atom is -0.480 e. The van der Waals surface area contributed by atoms with Gasteiger partial charge in [-0.1, -0.05) is 30.3 Å². The number of nitrogens with zero attached hydrogens (tertiary/aromatic N) is 4. The number of benzene rings is 1. The van der Waals surface area contributed by atoms with E-state index in [0.29, 0.717) is 5.82 Å². The number of carbonyl (C=O) groups is 2. The highest BCUT2D eigenvalue weighted by Gasteiger charge is 2.25. The summed E-state index contributed by atoms with van der Waals surface area (Å²) in [4.78, 5) is 23.1. The first-order valence-electron chi connectivity index (χ1n) is 7.58. The molecule has 1 aromatic heterocycles. The van der Waals surface area contributed by atoms with Crippen molar-refractivity contribution >= 4 is 12.1 Å². The summed E-state index contributed by atoms with van der Waals surface area (Å²) in [5.41, 5.74) is 0.0140. The average Bonchev–Trinajstić information content (AvgIpc) is 2.54. The molecule has 0 bridgehead atoms. The zero-order chi connectivity index (χ0) is 18.4. The minimum atomic E-state index is -1.25. The topological polar surface area (TPSA) is 127 Å². The number of aromatic nitrogens is 4. The van der Waals surface area contributed by atoms with E-state index >= 15 is 0 Å². The van der Waals surface area contributed by atoms with Gasteiger partial charge in [0.15, 0.2) is 5.82 Å². The summed E-state index contributed by atoms with van der Waals surface area (Å²) in [5, 5.41) is 27.2. The Morgan fingerprint density at radius 2 is 1.72 bits per heavy atom. The van der Waals surface area contributed by atoms with Crippen LogP contribution in [0.4, 0.5) is 4.79 Å². The molecular formula is C16H19N5O4. The van der Waals surface area contributed by atoms with Crippen LogP contribution in [0, 0.1) is 0 Å². The maximum absolute atomic E-state index is 11.7. The third kappa shape index (κ3) is 5.79. The van der Waals surface area contributed by atoms with Gasteiger partial charge in [0.05, 0.1) is 0 Å². The van der Waals surface area contributed by atoms with E-state index in [0.717, 1.165) is 5.56 Å². The normalized spacial score (nSPS) is 12.3.